The molecule has 3 nitrogen and oxygen atoms in total. The van der Waals surface area contributed by atoms with Crippen LogP contribution in [0.1, 0.15) is 16.5 Å². The molecule has 0 aliphatic rings. The largest absolute Gasteiger partial charge is 0.496 e. The molecule has 98 valence electrons. The number of rotatable bonds is 6. The van der Waals surface area contributed by atoms with Gasteiger partial charge in [0.05, 0.1) is 13.2 Å². The van der Waals surface area contributed by atoms with Crippen LogP contribution in [-0.2, 0) is 6.42 Å². The molecule has 0 aliphatic carbocycles. The van der Waals surface area contributed by atoms with Crippen molar-refractivity contribution in [3.8, 4) is 11.8 Å². The second-order valence-corrected chi connectivity index (χ2v) is 5.07. The third kappa shape index (κ3) is 3.57. The Hall–Kier alpha value is -1.83. The molecule has 0 spiro atoms. The lowest BCUT2D eigenvalue weighted by molar-refractivity contribution is 0.409. The van der Waals surface area contributed by atoms with Gasteiger partial charge in [-0.25, -0.2) is 0 Å². The van der Waals surface area contributed by atoms with E-state index < -0.39 is 0 Å². The van der Waals surface area contributed by atoms with Gasteiger partial charge >= 0.3 is 0 Å². The number of nitrogens with one attached hydrogen (secondary N) is 1. The van der Waals surface area contributed by atoms with E-state index in [4.69, 9.17) is 10.00 Å². The highest BCUT2D eigenvalue weighted by molar-refractivity contribution is 7.10. The van der Waals surface area contributed by atoms with Crippen LogP contribution in [0.25, 0.3) is 0 Å². The van der Waals surface area contributed by atoms with E-state index in [-0.39, 0.29) is 6.04 Å². The zero-order valence-corrected chi connectivity index (χ0v) is 11.6. The second-order valence-electron chi connectivity index (χ2n) is 4.09. The lowest BCUT2D eigenvalue weighted by Gasteiger charge is -2.11. The first-order chi connectivity index (χ1) is 9.35. The zero-order valence-electron chi connectivity index (χ0n) is 10.8. The summed E-state index contributed by atoms with van der Waals surface area (Å²) < 4.78 is 5.31. The summed E-state index contributed by atoms with van der Waals surface area (Å²) in [5.74, 6) is 0.897. The van der Waals surface area contributed by atoms with Crippen LogP contribution in [0.2, 0.25) is 0 Å². The number of hydrogen-bond donors (Lipinski definition) is 1. The van der Waals surface area contributed by atoms with Crippen molar-refractivity contribution in [3.05, 3.63) is 52.2 Å². The van der Waals surface area contributed by atoms with Crippen molar-refractivity contribution in [1.82, 2.24) is 5.32 Å². The van der Waals surface area contributed by atoms with Crippen LogP contribution < -0.4 is 10.1 Å². The maximum atomic E-state index is 9.17. The van der Waals surface area contributed by atoms with Crippen LogP contribution in [0.5, 0.6) is 5.75 Å². The number of nitrogens with zero attached hydrogens (tertiary/aromatic N) is 1. The highest BCUT2D eigenvalue weighted by Gasteiger charge is 2.10. The second kappa shape index (κ2) is 6.93. The van der Waals surface area contributed by atoms with Gasteiger partial charge in [0.25, 0.3) is 0 Å². The average molecular weight is 272 g/mol. The maximum absolute atomic E-state index is 9.17. The minimum Gasteiger partial charge on any atom is -0.496 e. The summed E-state index contributed by atoms with van der Waals surface area (Å²) in [4.78, 5) is 1.06. The summed E-state index contributed by atoms with van der Waals surface area (Å²) in [5.41, 5.74) is 1.15. The molecule has 0 saturated carbocycles. The van der Waals surface area contributed by atoms with E-state index in [9.17, 15) is 0 Å². The standard InChI is InChI=1S/C15H16N2OS/c1-18-14-6-3-2-5-12(14)8-9-17-13(11-16)15-7-4-10-19-15/h2-7,10,13,17H,8-9H2,1H3. The molecule has 0 aliphatic heterocycles. The summed E-state index contributed by atoms with van der Waals surface area (Å²) >= 11 is 1.60. The normalized spacial score (nSPS) is 11.8. The third-order valence-electron chi connectivity index (χ3n) is 2.89. The van der Waals surface area contributed by atoms with Crippen molar-refractivity contribution in [2.75, 3.05) is 13.7 Å². The number of thiophene rings is 1. The predicted octanol–water partition coefficient (Wildman–Crippen LogP) is 3.15. The summed E-state index contributed by atoms with van der Waals surface area (Å²) in [7, 11) is 1.68. The highest BCUT2D eigenvalue weighted by atomic mass is 32.1. The number of hydrogen-bond acceptors (Lipinski definition) is 4. The molecule has 0 saturated heterocycles. The lowest BCUT2D eigenvalue weighted by Crippen LogP contribution is -2.21. The number of benzene rings is 1. The first-order valence-electron chi connectivity index (χ1n) is 6.13. The fraction of sp³-hybridized carbons (Fsp3) is 0.267. The summed E-state index contributed by atoms with van der Waals surface area (Å²) in [6.07, 6.45) is 0.841. The monoisotopic (exact) mass is 272 g/mol. The van der Waals surface area contributed by atoms with Gasteiger partial charge in [0.2, 0.25) is 0 Å². The van der Waals surface area contributed by atoms with Gasteiger partial charge in [-0.15, -0.1) is 11.3 Å². The van der Waals surface area contributed by atoms with Crippen LogP contribution in [0.4, 0.5) is 0 Å². The van der Waals surface area contributed by atoms with Gasteiger partial charge in [-0.05, 0) is 29.5 Å². The SMILES string of the molecule is COc1ccccc1CCNC(C#N)c1cccs1. The van der Waals surface area contributed by atoms with Crippen molar-refractivity contribution < 1.29 is 4.74 Å². The van der Waals surface area contributed by atoms with Gasteiger partial charge in [0.1, 0.15) is 11.8 Å². The third-order valence-corrected chi connectivity index (χ3v) is 3.83. The molecule has 0 bridgehead atoms. The molecule has 19 heavy (non-hydrogen) atoms. The minimum absolute atomic E-state index is 0.227. The van der Waals surface area contributed by atoms with Crippen molar-refractivity contribution in [3.63, 3.8) is 0 Å². The Morgan fingerprint density at radius 2 is 2.16 bits per heavy atom. The Morgan fingerprint density at radius 3 is 2.84 bits per heavy atom. The first-order valence-corrected chi connectivity index (χ1v) is 7.01. The first kappa shape index (κ1) is 13.6. The van der Waals surface area contributed by atoms with Gasteiger partial charge in [-0.2, -0.15) is 5.26 Å². The highest BCUT2D eigenvalue weighted by Crippen LogP contribution is 2.20. The zero-order chi connectivity index (χ0) is 13.5. The molecule has 1 aromatic carbocycles. The van der Waals surface area contributed by atoms with Gasteiger partial charge in [0.15, 0.2) is 0 Å². The molecule has 4 heteroatoms. The lowest BCUT2D eigenvalue weighted by atomic mass is 10.1. The molecule has 2 aromatic rings. The predicted molar refractivity (Wildman–Crippen MR) is 77.4 cm³/mol. The fourth-order valence-electron chi connectivity index (χ4n) is 1.93. The van der Waals surface area contributed by atoms with E-state index in [1.165, 1.54) is 0 Å². The number of methoxy groups -OCH3 is 1. The van der Waals surface area contributed by atoms with Gasteiger partial charge in [-0.1, -0.05) is 24.3 Å². The van der Waals surface area contributed by atoms with Crippen molar-refractivity contribution in [2.24, 2.45) is 0 Å². The van der Waals surface area contributed by atoms with Crippen molar-refractivity contribution in [2.45, 2.75) is 12.5 Å². The van der Waals surface area contributed by atoms with Crippen LogP contribution in [-0.4, -0.2) is 13.7 Å². The summed E-state index contributed by atoms with van der Waals surface area (Å²) in [6, 6.07) is 14.0. The smallest absolute Gasteiger partial charge is 0.130 e. The molecule has 1 atom stereocenters. The Balaban J connectivity index is 1.91. The molecule has 1 N–H and O–H groups in total. The Labute approximate surface area is 117 Å². The van der Waals surface area contributed by atoms with E-state index in [0.29, 0.717) is 0 Å². The molecule has 1 aromatic heterocycles. The maximum Gasteiger partial charge on any atom is 0.130 e. The number of nitriles is 1. The average Bonchev–Trinajstić information content (AvgIpc) is 2.98. The molecular weight excluding hydrogens is 256 g/mol. The number of para-hydroxylation sites is 1. The van der Waals surface area contributed by atoms with Crippen LogP contribution in [0.3, 0.4) is 0 Å². The molecular formula is C15H16N2OS. The topological polar surface area (TPSA) is 45.0 Å². The van der Waals surface area contributed by atoms with E-state index in [2.05, 4.69) is 11.4 Å². The van der Waals surface area contributed by atoms with Gasteiger partial charge < -0.3 is 4.74 Å². The van der Waals surface area contributed by atoms with E-state index >= 15 is 0 Å². The summed E-state index contributed by atoms with van der Waals surface area (Å²) in [5, 5.41) is 14.4. The van der Waals surface area contributed by atoms with Crippen LogP contribution >= 0.6 is 11.3 Å². The number of ether oxygens (including phenoxy) is 1. The minimum atomic E-state index is -0.227. The van der Waals surface area contributed by atoms with Gasteiger partial charge in [-0.3, -0.25) is 5.32 Å². The summed E-state index contributed by atoms with van der Waals surface area (Å²) in [6.45, 7) is 0.747. The molecule has 0 amide bonds. The van der Waals surface area contributed by atoms with E-state index in [1.807, 2.05) is 41.8 Å². The van der Waals surface area contributed by atoms with E-state index in [0.717, 1.165) is 29.2 Å². The molecule has 1 unspecified atom stereocenters. The molecule has 2 rings (SSSR count). The van der Waals surface area contributed by atoms with Crippen molar-refractivity contribution >= 4 is 11.3 Å². The fourth-order valence-corrected chi connectivity index (χ4v) is 2.67. The van der Waals surface area contributed by atoms with Gasteiger partial charge in [0, 0.05) is 11.4 Å². The molecule has 0 fully saturated rings. The molecule has 1 heterocycles. The van der Waals surface area contributed by atoms with Crippen molar-refractivity contribution in [1.29, 1.82) is 5.26 Å². The van der Waals surface area contributed by atoms with Crippen LogP contribution in [0.15, 0.2) is 41.8 Å². The quantitative estimate of drug-likeness (QED) is 0.878. The Kier molecular flexibility index (Phi) is 4.96. The Morgan fingerprint density at radius 1 is 1.32 bits per heavy atom. The molecule has 0 radical (unpaired) electrons. The Bertz CT molecular complexity index is 546. The van der Waals surface area contributed by atoms with E-state index in [1.54, 1.807) is 18.4 Å². The van der Waals surface area contributed by atoms with Crippen LogP contribution in [0, 0.1) is 11.3 Å².